The highest BCUT2D eigenvalue weighted by molar-refractivity contribution is 7.05. The van der Waals surface area contributed by atoms with Crippen LogP contribution in [-0.2, 0) is 0 Å². The average Bonchev–Trinajstić information content (AvgIpc) is 3.85. The second-order valence-corrected chi connectivity index (χ2v) is 19.6. The Morgan fingerprint density at radius 1 is 0.491 bits per heavy atom. The fourth-order valence-corrected chi connectivity index (χ4v) is 12.9. The van der Waals surface area contributed by atoms with Crippen molar-refractivity contribution < 1.29 is 4.42 Å². The molecule has 0 bridgehead atoms. The normalized spacial score (nSPS) is 13.4. The van der Waals surface area contributed by atoms with E-state index in [1.54, 1.807) is 5.19 Å². The van der Waals surface area contributed by atoms with Crippen LogP contribution in [0, 0.1) is 0 Å². The summed E-state index contributed by atoms with van der Waals surface area (Å²) in [5.41, 5.74) is 11.3. The minimum Gasteiger partial charge on any atom is -0.451 e. The average molecular weight is 720 g/mol. The van der Waals surface area contributed by atoms with E-state index >= 15 is 0 Å². The van der Waals surface area contributed by atoms with E-state index < -0.39 is 8.07 Å². The van der Waals surface area contributed by atoms with Crippen molar-refractivity contribution in [2.45, 2.75) is 13.1 Å². The highest BCUT2D eigenvalue weighted by Gasteiger charge is 2.38. The fourth-order valence-electron chi connectivity index (χ4n) is 9.44. The Hall–Kier alpha value is -6.82. The Bertz CT molecular complexity index is 3410. The van der Waals surface area contributed by atoms with Gasteiger partial charge < -0.3 is 8.98 Å². The summed E-state index contributed by atoms with van der Waals surface area (Å²) >= 11 is 0. The molecule has 0 fully saturated rings. The molecule has 0 radical (unpaired) electrons. The van der Waals surface area contributed by atoms with Crippen LogP contribution in [-0.4, -0.2) is 22.6 Å². The van der Waals surface area contributed by atoms with E-state index in [0.29, 0.717) is 11.4 Å². The first kappa shape index (κ1) is 30.6. The maximum absolute atomic E-state index is 6.69. The number of hydrogen-bond acceptors (Lipinski definition) is 3. The summed E-state index contributed by atoms with van der Waals surface area (Å²) < 4.78 is 9.10. The van der Waals surface area contributed by atoms with Crippen LogP contribution in [0.15, 0.2) is 168 Å². The topological polar surface area (TPSA) is 43.9 Å². The predicted molar refractivity (Wildman–Crippen MR) is 232 cm³/mol. The van der Waals surface area contributed by atoms with E-state index in [9.17, 15) is 0 Å². The first-order chi connectivity index (χ1) is 27.0. The number of para-hydroxylation sites is 1. The van der Waals surface area contributed by atoms with Gasteiger partial charge in [-0.2, -0.15) is 0 Å². The largest absolute Gasteiger partial charge is 0.451 e. The lowest BCUT2D eigenvalue weighted by Crippen LogP contribution is -2.49. The Kier molecular flexibility index (Phi) is 6.18. The van der Waals surface area contributed by atoms with Crippen LogP contribution in [0.3, 0.4) is 0 Å². The van der Waals surface area contributed by atoms with Gasteiger partial charge in [0.1, 0.15) is 24.9 Å². The molecule has 0 unspecified atom stereocenters. The number of benzene rings is 8. The van der Waals surface area contributed by atoms with Gasteiger partial charge in [0.05, 0.1) is 11.0 Å². The van der Waals surface area contributed by atoms with E-state index in [2.05, 4.69) is 163 Å². The molecule has 0 atom stereocenters. The first-order valence-electron chi connectivity index (χ1n) is 18.9. The minimum atomic E-state index is -1.91. The second kappa shape index (κ2) is 11.1. The maximum atomic E-state index is 6.69. The van der Waals surface area contributed by atoms with Crippen LogP contribution < -0.4 is 10.4 Å². The predicted octanol–water partition coefficient (Wildman–Crippen LogP) is 11.9. The standard InChI is InChI=1S/C50H33N3OSi/c1-55(2)44-22-11-9-20-37(44)38-25-24-32-28-43-41(29-40(32)49(38)55)36-19-8-10-21-42(36)53(43)34-17-12-16-33(27-34)50-51-45(31-14-4-3-5-15-31)48-46(52-50)39-26-23-30-13-6-7-18-35(30)47(39)54-48/h3-29H,1-2H3. The van der Waals surface area contributed by atoms with Crippen molar-refractivity contribution in [3.8, 4) is 39.5 Å². The fraction of sp³-hybridized carbons (Fsp3) is 0.0400. The van der Waals surface area contributed by atoms with Crippen molar-refractivity contribution in [1.82, 2.24) is 14.5 Å². The van der Waals surface area contributed by atoms with Crippen molar-refractivity contribution >= 4 is 83.9 Å². The first-order valence-corrected chi connectivity index (χ1v) is 21.9. The Morgan fingerprint density at radius 2 is 1.25 bits per heavy atom. The van der Waals surface area contributed by atoms with Gasteiger partial charge in [-0.25, -0.2) is 9.97 Å². The van der Waals surface area contributed by atoms with E-state index in [0.717, 1.165) is 49.8 Å². The van der Waals surface area contributed by atoms with Gasteiger partial charge in [-0.1, -0.05) is 140 Å². The molecule has 55 heavy (non-hydrogen) atoms. The van der Waals surface area contributed by atoms with Crippen molar-refractivity contribution in [2.75, 3.05) is 0 Å². The molecule has 258 valence electrons. The molecule has 0 spiro atoms. The monoisotopic (exact) mass is 719 g/mol. The van der Waals surface area contributed by atoms with Gasteiger partial charge in [-0.05, 0) is 74.1 Å². The molecule has 12 rings (SSSR count). The van der Waals surface area contributed by atoms with E-state index in [-0.39, 0.29) is 0 Å². The highest BCUT2D eigenvalue weighted by atomic mass is 28.3. The van der Waals surface area contributed by atoms with E-state index in [4.69, 9.17) is 14.4 Å². The summed E-state index contributed by atoms with van der Waals surface area (Å²) in [6, 6.07) is 59.0. The molecule has 0 saturated heterocycles. The molecule has 11 aromatic rings. The van der Waals surface area contributed by atoms with Gasteiger partial charge in [0.15, 0.2) is 11.4 Å². The van der Waals surface area contributed by atoms with Gasteiger partial charge in [-0.3, -0.25) is 0 Å². The van der Waals surface area contributed by atoms with Gasteiger partial charge in [0.25, 0.3) is 0 Å². The molecular weight excluding hydrogens is 687 g/mol. The van der Waals surface area contributed by atoms with Crippen LogP contribution in [0.5, 0.6) is 0 Å². The van der Waals surface area contributed by atoms with Gasteiger partial charge in [-0.15, -0.1) is 0 Å². The van der Waals surface area contributed by atoms with Crippen LogP contribution in [0.25, 0.3) is 105 Å². The zero-order chi connectivity index (χ0) is 36.4. The summed E-state index contributed by atoms with van der Waals surface area (Å²) in [6.45, 7) is 5.01. The molecule has 1 aliphatic heterocycles. The quantitative estimate of drug-likeness (QED) is 0.171. The lowest BCUT2D eigenvalue weighted by molar-refractivity contribution is 0.671. The molecular formula is C50H33N3OSi. The minimum absolute atomic E-state index is 0.664. The molecule has 0 aliphatic carbocycles. The Morgan fingerprint density at radius 3 is 2.16 bits per heavy atom. The SMILES string of the molecule is C[Si]1(C)c2ccccc2-c2ccc3cc4c(cc3c21)c1ccccc1n4-c1cccc(-c2nc(-c3ccccc3)c3oc4c5ccccc5ccc4c3n2)c1. The van der Waals surface area contributed by atoms with Crippen molar-refractivity contribution in [2.24, 2.45) is 0 Å². The van der Waals surface area contributed by atoms with Crippen LogP contribution in [0.1, 0.15) is 0 Å². The zero-order valence-corrected chi connectivity index (χ0v) is 31.3. The molecule has 0 N–H and O–H groups in total. The Labute approximate surface area is 318 Å². The number of aromatic nitrogens is 3. The molecule has 5 heteroatoms. The lowest BCUT2D eigenvalue weighted by atomic mass is 9.99. The van der Waals surface area contributed by atoms with Gasteiger partial charge in [0.2, 0.25) is 0 Å². The van der Waals surface area contributed by atoms with Crippen molar-refractivity contribution in [3.05, 3.63) is 164 Å². The third-order valence-corrected chi connectivity index (χ3v) is 15.5. The third-order valence-electron chi connectivity index (χ3n) is 11.9. The van der Waals surface area contributed by atoms with E-state index in [1.807, 2.05) is 18.2 Å². The summed E-state index contributed by atoms with van der Waals surface area (Å²) in [5.74, 6) is 0.664. The molecule has 4 nitrogen and oxygen atoms in total. The Balaban J connectivity index is 1.09. The number of rotatable bonds is 3. The zero-order valence-electron chi connectivity index (χ0n) is 30.3. The second-order valence-electron chi connectivity index (χ2n) is 15.4. The number of hydrogen-bond donors (Lipinski definition) is 0. The van der Waals surface area contributed by atoms with E-state index in [1.165, 1.54) is 48.9 Å². The molecule has 4 heterocycles. The summed E-state index contributed by atoms with van der Waals surface area (Å²) in [5, 5.41) is 11.4. The van der Waals surface area contributed by atoms with Crippen LogP contribution in [0.2, 0.25) is 13.1 Å². The summed E-state index contributed by atoms with van der Waals surface area (Å²) in [4.78, 5) is 10.5. The molecule has 0 saturated carbocycles. The van der Waals surface area contributed by atoms with Crippen molar-refractivity contribution in [1.29, 1.82) is 0 Å². The van der Waals surface area contributed by atoms with Gasteiger partial charge >= 0.3 is 0 Å². The highest BCUT2D eigenvalue weighted by Crippen LogP contribution is 2.41. The molecule has 8 aromatic carbocycles. The van der Waals surface area contributed by atoms with Gasteiger partial charge in [0, 0.05) is 38.4 Å². The summed E-state index contributed by atoms with van der Waals surface area (Å²) in [6.07, 6.45) is 0. The smallest absolute Gasteiger partial charge is 0.180 e. The van der Waals surface area contributed by atoms with Crippen LogP contribution in [0.4, 0.5) is 0 Å². The van der Waals surface area contributed by atoms with Crippen molar-refractivity contribution in [3.63, 3.8) is 0 Å². The molecule has 3 aromatic heterocycles. The number of fused-ring (bicyclic) bond motifs is 13. The van der Waals surface area contributed by atoms with Crippen LogP contribution >= 0.6 is 0 Å². The summed E-state index contributed by atoms with van der Waals surface area (Å²) in [7, 11) is -1.91. The molecule has 1 aliphatic rings. The maximum Gasteiger partial charge on any atom is 0.180 e. The third kappa shape index (κ3) is 4.27. The lowest BCUT2D eigenvalue weighted by Gasteiger charge is -2.21. The number of furan rings is 1. The number of nitrogens with zero attached hydrogens (tertiary/aromatic N) is 3. The molecule has 0 amide bonds.